The lowest BCUT2D eigenvalue weighted by Gasteiger charge is -2.39. The highest BCUT2D eigenvalue weighted by molar-refractivity contribution is 5.13. The summed E-state index contributed by atoms with van der Waals surface area (Å²) in [5.41, 5.74) is -0.498. The van der Waals surface area contributed by atoms with Crippen LogP contribution in [0.1, 0.15) is 19.3 Å². The molecule has 2 saturated heterocycles. The molecule has 2 rings (SSSR count). The van der Waals surface area contributed by atoms with Crippen LogP contribution in [0.15, 0.2) is 0 Å². The zero-order valence-corrected chi connectivity index (χ0v) is 7.62. The Bertz CT molecular complexity index is 209. The van der Waals surface area contributed by atoms with E-state index in [1.54, 1.807) is 0 Å². The first-order valence-corrected chi connectivity index (χ1v) is 4.70. The summed E-state index contributed by atoms with van der Waals surface area (Å²) >= 11 is 0. The van der Waals surface area contributed by atoms with Crippen LogP contribution in [0.25, 0.3) is 0 Å². The predicted octanol–water partition coefficient (Wildman–Crippen LogP) is 0.932. The normalized spacial score (nSPS) is 31.8. The summed E-state index contributed by atoms with van der Waals surface area (Å²) in [6.07, 6.45) is 8.49. The van der Waals surface area contributed by atoms with Crippen molar-refractivity contribution in [1.82, 2.24) is 0 Å². The van der Waals surface area contributed by atoms with Gasteiger partial charge in [-0.1, -0.05) is 5.92 Å². The molecule has 3 heteroatoms. The van der Waals surface area contributed by atoms with E-state index in [0.717, 1.165) is 25.9 Å². The van der Waals surface area contributed by atoms with Gasteiger partial charge < -0.3 is 14.2 Å². The van der Waals surface area contributed by atoms with E-state index in [4.69, 9.17) is 20.6 Å². The standard InChI is InChI=1S/C10H14O3/c1-2-10(7-11-8-10)13-9-5-3-4-6-12-9/h1,9H,3-8H2. The molecule has 1 atom stereocenters. The largest absolute Gasteiger partial charge is 0.373 e. The van der Waals surface area contributed by atoms with Crippen molar-refractivity contribution in [3.05, 3.63) is 0 Å². The quantitative estimate of drug-likeness (QED) is 0.595. The van der Waals surface area contributed by atoms with Gasteiger partial charge in [-0.2, -0.15) is 0 Å². The molecule has 0 saturated carbocycles. The summed E-state index contributed by atoms with van der Waals surface area (Å²) in [5.74, 6) is 2.63. The first-order chi connectivity index (χ1) is 6.35. The maximum Gasteiger partial charge on any atom is 0.177 e. The molecule has 3 nitrogen and oxygen atoms in total. The zero-order chi connectivity index (χ0) is 9.15. The van der Waals surface area contributed by atoms with Gasteiger partial charge in [0.2, 0.25) is 0 Å². The second-order valence-electron chi connectivity index (χ2n) is 3.55. The van der Waals surface area contributed by atoms with Gasteiger partial charge in [0, 0.05) is 6.61 Å². The molecule has 0 aromatic carbocycles. The van der Waals surface area contributed by atoms with Crippen LogP contribution in [-0.2, 0) is 14.2 Å². The third kappa shape index (κ3) is 1.86. The maximum absolute atomic E-state index is 5.68. The molecule has 0 spiro atoms. The van der Waals surface area contributed by atoms with E-state index in [2.05, 4.69) is 5.92 Å². The molecule has 72 valence electrons. The smallest absolute Gasteiger partial charge is 0.177 e. The highest BCUT2D eigenvalue weighted by Crippen LogP contribution is 2.26. The van der Waals surface area contributed by atoms with Crippen molar-refractivity contribution in [2.45, 2.75) is 31.2 Å². The molecule has 0 N–H and O–H groups in total. The molecular weight excluding hydrogens is 168 g/mol. The topological polar surface area (TPSA) is 27.7 Å². The highest BCUT2D eigenvalue weighted by atomic mass is 16.7. The summed E-state index contributed by atoms with van der Waals surface area (Å²) in [7, 11) is 0. The van der Waals surface area contributed by atoms with Crippen molar-refractivity contribution in [2.24, 2.45) is 0 Å². The van der Waals surface area contributed by atoms with Gasteiger partial charge in [0.05, 0.1) is 13.2 Å². The molecular formula is C10H14O3. The lowest BCUT2D eigenvalue weighted by Crippen LogP contribution is -2.53. The maximum atomic E-state index is 5.68. The van der Waals surface area contributed by atoms with Crippen molar-refractivity contribution >= 4 is 0 Å². The van der Waals surface area contributed by atoms with Gasteiger partial charge in [0.15, 0.2) is 11.9 Å². The van der Waals surface area contributed by atoms with Crippen LogP contribution >= 0.6 is 0 Å². The minimum absolute atomic E-state index is 0.117. The van der Waals surface area contributed by atoms with Crippen molar-refractivity contribution < 1.29 is 14.2 Å². The van der Waals surface area contributed by atoms with E-state index >= 15 is 0 Å². The van der Waals surface area contributed by atoms with Crippen LogP contribution in [0.2, 0.25) is 0 Å². The molecule has 2 fully saturated rings. The fourth-order valence-corrected chi connectivity index (χ4v) is 1.53. The molecule has 0 radical (unpaired) electrons. The fourth-order valence-electron chi connectivity index (χ4n) is 1.53. The Morgan fingerprint density at radius 2 is 2.23 bits per heavy atom. The minimum atomic E-state index is -0.498. The monoisotopic (exact) mass is 182 g/mol. The molecule has 0 amide bonds. The van der Waals surface area contributed by atoms with Gasteiger partial charge in [0.25, 0.3) is 0 Å². The van der Waals surface area contributed by atoms with E-state index in [1.165, 1.54) is 0 Å². The molecule has 1 unspecified atom stereocenters. The van der Waals surface area contributed by atoms with Crippen LogP contribution in [0.3, 0.4) is 0 Å². The Morgan fingerprint density at radius 1 is 1.38 bits per heavy atom. The number of terminal acetylenes is 1. The van der Waals surface area contributed by atoms with Crippen LogP contribution in [0.5, 0.6) is 0 Å². The van der Waals surface area contributed by atoms with E-state index < -0.39 is 5.60 Å². The van der Waals surface area contributed by atoms with Gasteiger partial charge in [-0.05, 0) is 19.3 Å². The van der Waals surface area contributed by atoms with Crippen LogP contribution < -0.4 is 0 Å². The summed E-state index contributed by atoms with van der Waals surface area (Å²) < 4.78 is 16.2. The van der Waals surface area contributed by atoms with Gasteiger partial charge >= 0.3 is 0 Å². The number of ether oxygens (including phenoxy) is 3. The zero-order valence-electron chi connectivity index (χ0n) is 7.62. The molecule has 0 aromatic heterocycles. The molecule has 0 aliphatic carbocycles. The second-order valence-corrected chi connectivity index (χ2v) is 3.55. The minimum Gasteiger partial charge on any atom is -0.373 e. The Morgan fingerprint density at radius 3 is 2.69 bits per heavy atom. The predicted molar refractivity (Wildman–Crippen MR) is 47.1 cm³/mol. The third-order valence-corrected chi connectivity index (χ3v) is 2.43. The van der Waals surface area contributed by atoms with Crippen LogP contribution in [0.4, 0.5) is 0 Å². The average molecular weight is 182 g/mol. The fraction of sp³-hybridized carbons (Fsp3) is 0.800. The van der Waals surface area contributed by atoms with Crippen molar-refractivity contribution in [1.29, 1.82) is 0 Å². The molecule has 2 heterocycles. The summed E-state index contributed by atoms with van der Waals surface area (Å²) in [6, 6.07) is 0. The average Bonchev–Trinajstić information content (AvgIpc) is 2.13. The Labute approximate surface area is 78.4 Å². The first kappa shape index (κ1) is 9.01. The van der Waals surface area contributed by atoms with Crippen molar-refractivity contribution in [2.75, 3.05) is 19.8 Å². The van der Waals surface area contributed by atoms with E-state index in [0.29, 0.717) is 13.2 Å². The van der Waals surface area contributed by atoms with Gasteiger partial charge in [-0.25, -0.2) is 0 Å². The van der Waals surface area contributed by atoms with Gasteiger partial charge in [-0.3, -0.25) is 0 Å². The number of hydrogen-bond acceptors (Lipinski definition) is 3. The summed E-state index contributed by atoms with van der Waals surface area (Å²) in [4.78, 5) is 0. The van der Waals surface area contributed by atoms with Gasteiger partial charge in [-0.15, -0.1) is 6.42 Å². The second kappa shape index (κ2) is 3.67. The van der Waals surface area contributed by atoms with E-state index in [9.17, 15) is 0 Å². The molecule has 2 aliphatic heterocycles. The first-order valence-electron chi connectivity index (χ1n) is 4.70. The van der Waals surface area contributed by atoms with Gasteiger partial charge in [0.1, 0.15) is 0 Å². The Kier molecular flexibility index (Phi) is 2.54. The van der Waals surface area contributed by atoms with Crippen LogP contribution in [0, 0.1) is 12.3 Å². The SMILES string of the molecule is C#CC1(OC2CCCCO2)COC1. The molecule has 2 aliphatic rings. The third-order valence-electron chi connectivity index (χ3n) is 2.43. The van der Waals surface area contributed by atoms with E-state index in [1.807, 2.05) is 0 Å². The summed E-state index contributed by atoms with van der Waals surface area (Å²) in [5, 5.41) is 0. The number of hydrogen-bond donors (Lipinski definition) is 0. The molecule has 0 aromatic rings. The number of rotatable bonds is 2. The Balaban J connectivity index is 1.85. The highest BCUT2D eigenvalue weighted by Gasteiger charge is 2.40. The Hall–Kier alpha value is -0.560. The summed E-state index contributed by atoms with van der Waals surface area (Å²) in [6.45, 7) is 1.79. The van der Waals surface area contributed by atoms with Crippen LogP contribution in [-0.4, -0.2) is 31.7 Å². The molecule has 13 heavy (non-hydrogen) atoms. The molecule has 0 bridgehead atoms. The van der Waals surface area contributed by atoms with Crippen molar-refractivity contribution in [3.8, 4) is 12.3 Å². The van der Waals surface area contributed by atoms with Crippen molar-refractivity contribution in [3.63, 3.8) is 0 Å². The lowest BCUT2D eigenvalue weighted by atomic mass is 10.0. The lowest BCUT2D eigenvalue weighted by molar-refractivity contribution is -0.268. The van der Waals surface area contributed by atoms with E-state index in [-0.39, 0.29) is 6.29 Å².